The fourth-order valence-electron chi connectivity index (χ4n) is 5.90. The van der Waals surface area contributed by atoms with Gasteiger partial charge in [-0.2, -0.15) is 13.2 Å². The molecule has 198 valence electrons. The van der Waals surface area contributed by atoms with Crippen molar-refractivity contribution >= 4 is 28.9 Å². The molecule has 2 atom stereocenters. The van der Waals surface area contributed by atoms with Crippen LogP contribution in [-0.4, -0.2) is 41.9 Å². The van der Waals surface area contributed by atoms with Gasteiger partial charge in [-0.3, -0.25) is 14.5 Å². The first-order chi connectivity index (χ1) is 17.5. The fraction of sp³-hybridized carbons (Fsp3) is 0.500. The van der Waals surface area contributed by atoms with Gasteiger partial charge in [-0.1, -0.05) is 18.9 Å². The summed E-state index contributed by atoms with van der Waals surface area (Å²) in [5.41, 5.74) is 0.797. The molecule has 1 aliphatic carbocycles. The van der Waals surface area contributed by atoms with Crippen LogP contribution in [0, 0.1) is 0 Å². The lowest BCUT2D eigenvalue weighted by molar-refractivity contribution is -0.137. The number of carbonyl (C=O) groups is 2. The Hall–Kier alpha value is -3.07. The Labute approximate surface area is 215 Å². The zero-order valence-electron chi connectivity index (χ0n) is 21.2. The van der Waals surface area contributed by atoms with Gasteiger partial charge in [-0.25, -0.2) is 0 Å². The van der Waals surface area contributed by atoms with Crippen molar-refractivity contribution in [2.75, 3.05) is 29.0 Å². The molecule has 9 heteroatoms. The summed E-state index contributed by atoms with van der Waals surface area (Å²) < 4.78 is 40.8. The monoisotopic (exact) mass is 514 g/mol. The van der Waals surface area contributed by atoms with Gasteiger partial charge < -0.3 is 16.0 Å². The third-order valence-corrected chi connectivity index (χ3v) is 8.04. The topological polar surface area (TPSA) is 73.5 Å². The number of alkyl halides is 3. The van der Waals surface area contributed by atoms with Crippen LogP contribution in [0.3, 0.4) is 0 Å². The van der Waals surface area contributed by atoms with E-state index in [1.165, 1.54) is 6.07 Å². The molecule has 2 aromatic rings. The lowest BCUT2D eigenvalue weighted by Gasteiger charge is -2.39. The highest BCUT2D eigenvalue weighted by Gasteiger charge is 2.38. The second-order valence-electron chi connectivity index (χ2n) is 10.9. The van der Waals surface area contributed by atoms with Crippen molar-refractivity contribution in [1.82, 2.24) is 4.90 Å². The number of amides is 2. The van der Waals surface area contributed by atoms with Crippen LogP contribution in [0.2, 0.25) is 0 Å². The van der Waals surface area contributed by atoms with Gasteiger partial charge in [0.05, 0.1) is 16.5 Å². The number of rotatable bonds is 5. The Morgan fingerprint density at radius 2 is 1.76 bits per heavy atom. The number of carbonyl (C=O) groups excluding carboxylic acids is 2. The lowest BCUT2D eigenvalue weighted by atomic mass is 9.86. The molecule has 0 bridgehead atoms. The molecule has 6 nitrogen and oxygen atoms in total. The van der Waals surface area contributed by atoms with Crippen molar-refractivity contribution in [3.05, 3.63) is 53.1 Å². The highest BCUT2D eigenvalue weighted by atomic mass is 19.4. The molecule has 2 aliphatic heterocycles. The van der Waals surface area contributed by atoms with Gasteiger partial charge in [0.15, 0.2) is 0 Å². The summed E-state index contributed by atoms with van der Waals surface area (Å²) in [4.78, 5) is 28.0. The second-order valence-corrected chi connectivity index (χ2v) is 10.9. The van der Waals surface area contributed by atoms with Crippen molar-refractivity contribution < 1.29 is 22.8 Å². The van der Waals surface area contributed by atoms with E-state index in [0.29, 0.717) is 11.4 Å². The molecule has 3 N–H and O–H groups in total. The third kappa shape index (κ3) is 5.06. The van der Waals surface area contributed by atoms with E-state index in [-0.39, 0.29) is 29.2 Å². The average Bonchev–Trinajstić information content (AvgIpc) is 3.45. The summed E-state index contributed by atoms with van der Waals surface area (Å²) >= 11 is 0. The molecule has 3 aliphatic rings. The summed E-state index contributed by atoms with van der Waals surface area (Å²) in [6.07, 6.45) is 1.70. The summed E-state index contributed by atoms with van der Waals surface area (Å²) in [6.45, 7) is 5.66. The first-order valence-electron chi connectivity index (χ1n) is 13.0. The third-order valence-electron chi connectivity index (χ3n) is 8.04. The van der Waals surface area contributed by atoms with Gasteiger partial charge in [-0.15, -0.1) is 0 Å². The summed E-state index contributed by atoms with van der Waals surface area (Å²) in [6, 6.07) is 8.64. The Morgan fingerprint density at radius 1 is 1.03 bits per heavy atom. The van der Waals surface area contributed by atoms with Gasteiger partial charge in [0.1, 0.15) is 0 Å². The summed E-state index contributed by atoms with van der Waals surface area (Å²) in [5.74, 6) is -0.631. The molecule has 1 saturated carbocycles. The molecule has 0 spiro atoms. The molecule has 37 heavy (non-hydrogen) atoms. The molecule has 0 radical (unpaired) electrons. The van der Waals surface area contributed by atoms with Crippen LogP contribution < -0.4 is 16.0 Å². The number of hydrogen-bond donors (Lipinski definition) is 3. The van der Waals surface area contributed by atoms with E-state index in [4.69, 9.17) is 0 Å². The van der Waals surface area contributed by atoms with E-state index in [0.717, 1.165) is 69.3 Å². The number of hydrogen-bond acceptors (Lipinski definition) is 4. The number of anilines is 3. The minimum absolute atomic E-state index is 0.0284. The van der Waals surface area contributed by atoms with Gasteiger partial charge >= 0.3 is 6.18 Å². The second kappa shape index (κ2) is 9.67. The molecule has 2 amide bonds. The van der Waals surface area contributed by atoms with Crippen LogP contribution in [0.4, 0.5) is 30.2 Å². The quantitative estimate of drug-likeness (QED) is 0.457. The first-order valence-corrected chi connectivity index (χ1v) is 13.0. The van der Waals surface area contributed by atoms with E-state index in [1.807, 2.05) is 13.8 Å². The molecule has 5 rings (SSSR count). The summed E-state index contributed by atoms with van der Waals surface area (Å²) in [7, 11) is 0. The van der Waals surface area contributed by atoms with Crippen LogP contribution in [0.15, 0.2) is 36.4 Å². The molecular weight excluding hydrogens is 481 g/mol. The average molecular weight is 515 g/mol. The molecule has 0 aromatic heterocycles. The van der Waals surface area contributed by atoms with Crippen molar-refractivity contribution in [2.45, 2.75) is 76.0 Å². The smallest absolute Gasteiger partial charge is 0.380 e. The molecule has 2 fully saturated rings. The van der Waals surface area contributed by atoms with E-state index < -0.39 is 23.1 Å². The van der Waals surface area contributed by atoms with E-state index in [9.17, 15) is 22.8 Å². The zero-order chi connectivity index (χ0) is 26.4. The van der Waals surface area contributed by atoms with Crippen molar-refractivity contribution in [3.63, 3.8) is 0 Å². The van der Waals surface area contributed by atoms with E-state index in [2.05, 4.69) is 20.9 Å². The van der Waals surface area contributed by atoms with Gasteiger partial charge in [0.2, 0.25) is 5.91 Å². The Kier molecular flexibility index (Phi) is 6.68. The Balaban J connectivity index is 1.42. The van der Waals surface area contributed by atoms with Crippen LogP contribution in [0.5, 0.6) is 0 Å². The largest absolute Gasteiger partial charge is 0.416 e. The normalized spacial score (nSPS) is 23.4. The Morgan fingerprint density at radius 3 is 2.49 bits per heavy atom. The molecular formula is C28H33F3N4O2. The van der Waals surface area contributed by atoms with Gasteiger partial charge in [-0.05, 0) is 88.5 Å². The van der Waals surface area contributed by atoms with Crippen LogP contribution in [0.1, 0.15) is 73.9 Å². The van der Waals surface area contributed by atoms with Gasteiger partial charge in [0.25, 0.3) is 5.91 Å². The number of benzene rings is 2. The first kappa shape index (κ1) is 25.6. The number of nitrogens with one attached hydrogen (secondary N) is 3. The highest BCUT2D eigenvalue weighted by Crippen LogP contribution is 2.39. The summed E-state index contributed by atoms with van der Waals surface area (Å²) in [5, 5.41) is 8.99. The standard InChI is InChI=1S/C28H33F3N4O2/c1-27(2)20-12-10-18(16-23(20)34-26(27)37)32-25(36)19-11-9-17(28(29,30)31)15-22(19)33-21-7-3-4-8-24(21)35-13-5-6-14-35/h9-12,15-16,21,24,33H,3-8,13-14H2,1-2H3,(H,32,36)(H,34,37)/t21-,24+/m0/s1. The predicted molar refractivity (Wildman–Crippen MR) is 138 cm³/mol. The van der Waals surface area contributed by atoms with Crippen LogP contribution >= 0.6 is 0 Å². The van der Waals surface area contributed by atoms with E-state index in [1.54, 1.807) is 18.2 Å². The van der Waals surface area contributed by atoms with Crippen LogP contribution in [-0.2, 0) is 16.4 Å². The lowest BCUT2D eigenvalue weighted by Crippen LogP contribution is -2.47. The van der Waals surface area contributed by atoms with Crippen molar-refractivity contribution in [2.24, 2.45) is 0 Å². The highest BCUT2D eigenvalue weighted by molar-refractivity contribution is 6.10. The van der Waals surface area contributed by atoms with Crippen molar-refractivity contribution in [1.29, 1.82) is 0 Å². The fourth-order valence-corrected chi connectivity index (χ4v) is 5.90. The van der Waals surface area contributed by atoms with E-state index >= 15 is 0 Å². The molecule has 1 saturated heterocycles. The zero-order valence-corrected chi connectivity index (χ0v) is 21.2. The predicted octanol–water partition coefficient (Wildman–Crippen LogP) is 6.01. The molecule has 2 aromatic carbocycles. The minimum atomic E-state index is -4.52. The molecule has 0 unspecified atom stereocenters. The SMILES string of the molecule is CC1(C)C(=O)Nc2cc(NC(=O)c3ccc(C(F)(F)F)cc3N[C@H]3CCCC[C@H]3N3CCCC3)ccc21. The maximum Gasteiger partial charge on any atom is 0.416 e. The number of halogens is 3. The maximum atomic E-state index is 13.6. The van der Waals surface area contributed by atoms with Crippen molar-refractivity contribution in [3.8, 4) is 0 Å². The Bertz CT molecular complexity index is 1200. The number of nitrogens with zero attached hydrogens (tertiary/aromatic N) is 1. The van der Waals surface area contributed by atoms with Crippen LogP contribution in [0.25, 0.3) is 0 Å². The minimum Gasteiger partial charge on any atom is -0.380 e. The van der Waals surface area contributed by atoms with Gasteiger partial charge in [0, 0.05) is 29.1 Å². The number of fused-ring (bicyclic) bond motifs is 1. The maximum absolute atomic E-state index is 13.6. The number of likely N-dealkylation sites (tertiary alicyclic amines) is 1. The molecule has 2 heterocycles.